The molecule has 0 unspecified atom stereocenters. The van der Waals surface area contributed by atoms with E-state index in [0.29, 0.717) is 5.56 Å². The van der Waals surface area contributed by atoms with E-state index >= 15 is 0 Å². The van der Waals surface area contributed by atoms with Gasteiger partial charge in [-0.2, -0.15) is 5.26 Å². The van der Waals surface area contributed by atoms with Gasteiger partial charge in [-0.25, -0.2) is 0 Å². The van der Waals surface area contributed by atoms with Crippen LogP contribution in [0.15, 0.2) is 182 Å². The summed E-state index contributed by atoms with van der Waals surface area (Å²) in [5, 5.41) is 24.7. The molecule has 3 nitrogen and oxygen atoms in total. The number of nitriles is 1. The van der Waals surface area contributed by atoms with Gasteiger partial charge in [0.15, 0.2) is 0 Å². The Bertz CT molecular complexity index is 4230. The van der Waals surface area contributed by atoms with Gasteiger partial charge in [0.2, 0.25) is 0 Å². The summed E-state index contributed by atoms with van der Waals surface area (Å²) in [4.78, 5) is 0. The maximum Gasteiger partial charge on any atom is 0.0991 e. The van der Waals surface area contributed by atoms with Crippen molar-refractivity contribution in [1.82, 2.24) is 8.80 Å². The molecule has 0 bridgehead atoms. The Morgan fingerprint density at radius 1 is 0.344 bits per heavy atom. The molecule has 3 heteroatoms. The quantitative estimate of drug-likeness (QED) is 0.176. The molecule has 0 radical (unpaired) electrons. The van der Waals surface area contributed by atoms with E-state index in [9.17, 15) is 5.26 Å². The third-order valence-corrected chi connectivity index (χ3v) is 13.6. The van der Waals surface area contributed by atoms with Crippen LogP contribution in [0.2, 0.25) is 0 Å². The van der Waals surface area contributed by atoms with Crippen LogP contribution in [-0.2, 0) is 0 Å². The second kappa shape index (κ2) is 11.7. The third kappa shape index (κ3) is 4.41. The molecule has 0 aliphatic heterocycles. The number of benzene rings is 10. The number of hydrogen-bond acceptors (Lipinski definition) is 1. The first-order valence-electron chi connectivity index (χ1n) is 21.0. The summed E-state index contributed by atoms with van der Waals surface area (Å²) in [5.41, 5.74) is 16.5. The summed E-state index contributed by atoms with van der Waals surface area (Å²) in [6, 6.07) is 69.5. The van der Waals surface area contributed by atoms with Crippen LogP contribution in [0.1, 0.15) is 11.1 Å². The van der Waals surface area contributed by atoms with Crippen molar-refractivity contribution < 1.29 is 0 Å². The van der Waals surface area contributed by atoms with E-state index in [2.05, 4.69) is 198 Å². The molecular formula is C58H33N3. The molecule has 0 aliphatic carbocycles. The minimum atomic E-state index is 0.675. The maximum atomic E-state index is 9.93. The van der Waals surface area contributed by atoms with Crippen molar-refractivity contribution in [2.45, 2.75) is 6.92 Å². The molecule has 4 aromatic heterocycles. The smallest absolute Gasteiger partial charge is 0.0991 e. The van der Waals surface area contributed by atoms with E-state index < -0.39 is 0 Å². The highest BCUT2D eigenvalue weighted by atomic mass is 14.9. The van der Waals surface area contributed by atoms with Gasteiger partial charge in [-0.15, -0.1) is 0 Å². The number of para-hydroxylation sites is 1. The molecule has 0 fully saturated rings. The standard InChI is InChI=1S/C58H33N3/c1-33-14-16-39(35-8-3-2-4-9-35)24-46(33)41-19-21-54-48(27-41)44-12-7-13-45-49-26-40-18-17-38(23-42(40)31-56(49)60(54)57(44)45)43-28-51-47-22-34(32-59)15-20-53(47)61-55-30-37-11-6-5-10-36(37)25-50(55)52(29-43)58(51)61/h2-31H,1H3. The van der Waals surface area contributed by atoms with Gasteiger partial charge in [-0.1, -0.05) is 103 Å². The van der Waals surface area contributed by atoms with Crippen molar-refractivity contribution in [3.8, 4) is 39.4 Å². The average Bonchev–Trinajstić information content (AvgIpc) is 4.03. The third-order valence-electron chi connectivity index (χ3n) is 13.6. The lowest BCUT2D eigenvalue weighted by Gasteiger charge is -2.11. The van der Waals surface area contributed by atoms with Crippen molar-refractivity contribution in [3.05, 3.63) is 193 Å². The van der Waals surface area contributed by atoms with Crippen LogP contribution >= 0.6 is 0 Å². The topological polar surface area (TPSA) is 32.6 Å². The average molecular weight is 772 g/mol. The van der Waals surface area contributed by atoms with Gasteiger partial charge in [0.25, 0.3) is 0 Å². The highest BCUT2D eigenvalue weighted by Gasteiger charge is 2.22. The lowest BCUT2D eigenvalue weighted by atomic mass is 9.94. The summed E-state index contributed by atoms with van der Waals surface area (Å²) in [5.74, 6) is 0. The normalized spacial score (nSPS) is 12.3. The van der Waals surface area contributed by atoms with Crippen LogP contribution in [-0.4, -0.2) is 8.80 Å². The Labute approximate surface area is 349 Å². The van der Waals surface area contributed by atoms with Crippen molar-refractivity contribution >= 4 is 97.7 Å². The van der Waals surface area contributed by atoms with Crippen LogP contribution in [0.3, 0.4) is 0 Å². The van der Waals surface area contributed by atoms with Crippen LogP contribution in [0.5, 0.6) is 0 Å². The van der Waals surface area contributed by atoms with Crippen molar-refractivity contribution in [3.63, 3.8) is 0 Å². The number of rotatable bonds is 3. The van der Waals surface area contributed by atoms with Gasteiger partial charge in [-0.3, -0.25) is 0 Å². The van der Waals surface area contributed by atoms with Crippen LogP contribution in [0.25, 0.3) is 131 Å². The zero-order valence-corrected chi connectivity index (χ0v) is 33.2. The van der Waals surface area contributed by atoms with E-state index in [1.807, 2.05) is 6.07 Å². The van der Waals surface area contributed by atoms with E-state index in [1.54, 1.807) is 0 Å². The first kappa shape index (κ1) is 32.7. The zero-order valence-electron chi connectivity index (χ0n) is 33.2. The molecule has 0 spiro atoms. The van der Waals surface area contributed by atoms with E-state index in [0.717, 1.165) is 10.9 Å². The Morgan fingerprint density at radius 3 is 1.66 bits per heavy atom. The minimum Gasteiger partial charge on any atom is -0.308 e. The van der Waals surface area contributed by atoms with Crippen molar-refractivity contribution in [2.75, 3.05) is 0 Å². The summed E-state index contributed by atoms with van der Waals surface area (Å²) in [7, 11) is 0. The van der Waals surface area contributed by atoms with Crippen LogP contribution < -0.4 is 0 Å². The number of aromatic nitrogens is 2. The predicted octanol–water partition coefficient (Wildman–Crippen LogP) is 15.5. The second-order valence-corrected chi connectivity index (χ2v) is 16.9. The summed E-state index contributed by atoms with van der Waals surface area (Å²) >= 11 is 0. The first-order valence-corrected chi connectivity index (χ1v) is 21.0. The highest BCUT2D eigenvalue weighted by molar-refractivity contribution is 6.27. The van der Waals surface area contributed by atoms with Gasteiger partial charge >= 0.3 is 0 Å². The largest absolute Gasteiger partial charge is 0.308 e. The van der Waals surface area contributed by atoms with Gasteiger partial charge in [-0.05, 0) is 146 Å². The predicted molar refractivity (Wildman–Crippen MR) is 257 cm³/mol. The number of aryl methyl sites for hydroxylation is 1. The van der Waals surface area contributed by atoms with Gasteiger partial charge in [0.1, 0.15) is 0 Å². The van der Waals surface area contributed by atoms with Crippen molar-refractivity contribution in [1.29, 1.82) is 5.26 Å². The molecule has 0 N–H and O–H groups in total. The molecule has 14 rings (SSSR count). The zero-order chi connectivity index (χ0) is 40.1. The molecule has 0 saturated carbocycles. The fraction of sp³-hybridized carbons (Fsp3) is 0.0172. The van der Waals surface area contributed by atoms with E-state index in [1.165, 1.54) is 126 Å². The lowest BCUT2D eigenvalue weighted by Crippen LogP contribution is -1.87. The maximum absolute atomic E-state index is 9.93. The summed E-state index contributed by atoms with van der Waals surface area (Å²) < 4.78 is 4.90. The Balaban J connectivity index is 0.977. The Morgan fingerprint density at radius 2 is 0.902 bits per heavy atom. The van der Waals surface area contributed by atoms with Crippen LogP contribution in [0.4, 0.5) is 0 Å². The van der Waals surface area contributed by atoms with E-state index in [4.69, 9.17) is 0 Å². The summed E-state index contributed by atoms with van der Waals surface area (Å²) in [6.07, 6.45) is 0. The molecule has 0 saturated heterocycles. The van der Waals surface area contributed by atoms with Gasteiger partial charge in [0, 0.05) is 43.1 Å². The molecule has 0 atom stereocenters. The number of fused-ring (bicyclic) bond motifs is 14. The van der Waals surface area contributed by atoms with E-state index in [-0.39, 0.29) is 0 Å². The second-order valence-electron chi connectivity index (χ2n) is 16.9. The van der Waals surface area contributed by atoms with Gasteiger partial charge < -0.3 is 8.80 Å². The first-order chi connectivity index (χ1) is 30.1. The van der Waals surface area contributed by atoms with Crippen LogP contribution in [0, 0.1) is 18.3 Å². The number of hydrogen-bond donors (Lipinski definition) is 0. The fourth-order valence-electron chi connectivity index (χ4n) is 10.8. The molecule has 10 aromatic carbocycles. The Kier molecular flexibility index (Phi) is 6.29. The van der Waals surface area contributed by atoms with Crippen molar-refractivity contribution in [2.24, 2.45) is 0 Å². The fourth-order valence-corrected chi connectivity index (χ4v) is 10.8. The number of nitrogens with zero attached hydrogens (tertiary/aromatic N) is 3. The minimum absolute atomic E-state index is 0.675. The molecule has 14 aromatic rings. The molecule has 0 aliphatic rings. The molecule has 280 valence electrons. The molecular weight excluding hydrogens is 739 g/mol. The molecule has 61 heavy (non-hydrogen) atoms. The highest BCUT2D eigenvalue weighted by Crippen LogP contribution is 2.45. The van der Waals surface area contributed by atoms with Gasteiger partial charge in [0.05, 0.1) is 44.7 Å². The Hall–Kier alpha value is -8.19. The monoisotopic (exact) mass is 771 g/mol. The molecule has 4 heterocycles. The summed E-state index contributed by atoms with van der Waals surface area (Å²) in [6.45, 7) is 2.21. The SMILES string of the molecule is Cc1ccc(-c2ccccc2)cc1-c1ccc2c(c1)c1cccc3c4cc5ccc(-c6cc7c8cc(C#N)ccc8n8c9cc%10ccccc%10cc9c(c6)c78)cc5cc4n2c13. The molecule has 0 amide bonds. The lowest BCUT2D eigenvalue weighted by molar-refractivity contribution is 1.37.